The summed E-state index contributed by atoms with van der Waals surface area (Å²) in [5, 5.41) is 3.26. The van der Waals surface area contributed by atoms with Gasteiger partial charge in [-0.05, 0) is 75.1 Å². The topological polar surface area (TPSA) is 86.8 Å². The van der Waals surface area contributed by atoms with Crippen molar-refractivity contribution in [2.75, 3.05) is 17.4 Å². The number of hydrogen-bond donors (Lipinski definition) is 1. The van der Waals surface area contributed by atoms with Crippen LogP contribution < -0.4 is 9.62 Å². The normalized spacial score (nSPS) is 12.1. The standard InChI is InChI=1S/C30H36ClN3O4S/c1-6-27(30(36)32-7-2)33(19-24-10-8-9-11-26(24)31)29(35)20-34(28-18-22(4)12-15-23(28)5)39(37,38)25-16-13-21(3)14-17-25/h8-18,27H,6-7,19-20H2,1-5H3,(H,32,36)/t27-/m0/s1. The highest BCUT2D eigenvalue weighted by atomic mass is 35.5. The fourth-order valence-corrected chi connectivity index (χ4v) is 6.03. The molecule has 0 unspecified atom stereocenters. The van der Waals surface area contributed by atoms with Crippen molar-refractivity contribution in [1.82, 2.24) is 10.2 Å². The molecule has 9 heteroatoms. The van der Waals surface area contributed by atoms with Gasteiger partial charge in [-0.3, -0.25) is 13.9 Å². The second-order valence-corrected chi connectivity index (χ2v) is 11.8. The van der Waals surface area contributed by atoms with Gasteiger partial charge in [0.15, 0.2) is 0 Å². The first kappa shape index (κ1) is 30.2. The number of halogens is 1. The van der Waals surface area contributed by atoms with Crippen LogP contribution in [0.1, 0.15) is 42.5 Å². The number of nitrogens with one attached hydrogen (secondary N) is 1. The lowest BCUT2D eigenvalue weighted by molar-refractivity contribution is -0.140. The van der Waals surface area contributed by atoms with E-state index in [1.165, 1.54) is 4.90 Å². The number of aryl methyl sites for hydroxylation is 3. The Labute approximate surface area is 236 Å². The molecule has 0 saturated carbocycles. The second-order valence-electron chi connectivity index (χ2n) is 9.55. The summed E-state index contributed by atoms with van der Waals surface area (Å²) in [6.45, 7) is 9.15. The van der Waals surface area contributed by atoms with Crippen molar-refractivity contribution in [2.45, 2.75) is 58.5 Å². The number of benzene rings is 3. The van der Waals surface area contributed by atoms with Gasteiger partial charge in [-0.15, -0.1) is 0 Å². The molecule has 3 aromatic carbocycles. The van der Waals surface area contributed by atoms with Gasteiger partial charge in [-0.2, -0.15) is 0 Å². The molecule has 0 bridgehead atoms. The van der Waals surface area contributed by atoms with Crippen molar-refractivity contribution in [2.24, 2.45) is 0 Å². The third-order valence-electron chi connectivity index (χ3n) is 6.56. The van der Waals surface area contributed by atoms with E-state index in [0.717, 1.165) is 15.4 Å². The molecule has 0 aliphatic rings. The summed E-state index contributed by atoms with van der Waals surface area (Å²) in [6, 6.07) is 18.3. The SMILES string of the molecule is CCNC(=O)[C@H](CC)N(Cc1ccccc1Cl)C(=O)CN(c1cc(C)ccc1C)S(=O)(=O)c1ccc(C)cc1. The number of sulfonamides is 1. The predicted molar refractivity (Wildman–Crippen MR) is 156 cm³/mol. The molecular weight excluding hydrogens is 534 g/mol. The van der Waals surface area contributed by atoms with Crippen LogP contribution in [0.2, 0.25) is 5.02 Å². The Bertz CT molecular complexity index is 1420. The Balaban J connectivity index is 2.12. The zero-order valence-corrected chi connectivity index (χ0v) is 24.6. The number of likely N-dealkylation sites (N-methyl/N-ethyl adjacent to an activating group) is 1. The number of carbonyl (C=O) groups is 2. The Hall–Kier alpha value is -3.36. The van der Waals surface area contributed by atoms with Crippen LogP contribution in [-0.4, -0.2) is 44.3 Å². The molecule has 0 saturated heterocycles. The van der Waals surface area contributed by atoms with Gasteiger partial charge in [0.25, 0.3) is 10.0 Å². The van der Waals surface area contributed by atoms with E-state index in [2.05, 4.69) is 5.32 Å². The van der Waals surface area contributed by atoms with E-state index in [0.29, 0.717) is 34.8 Å². The maximum Gasteiger partial charge on any atom is 0.264 e. The maximum atomic E-state index is 14.1. The number of nitrogens with zero attached hydrogens (tertiary/aromatic N) is 2. The van der Waals surface area contributed by atoms with E-state index in [1.54, 1.807) is 61.5 Å². The van der Waals surface area contributed by atoms with Gasteiger partial charge in [0.2, 0.25) is 11.8 Å². The van der Waals surface area contributed by atoms with Crippen molar-refractivity contribution in [3.8, 4) is 0 Å². The van der Waals surface area contributed by atoms with Gasteiger partial charge in [0, 0.05) is 18.1 Å². The highest BCUT2D eigenvalue weighted by Gasteiger charge is 2.34. The quantitative estimate of drug-likeness (QED) is 0.335. The van der Waals surface area contributed by atoms with E-state index in [1.807, 2.05) is 39.8 Å². The Kier molecular flexibility index (Phi) is 10.2. The van der Waals surface area contributed by atoms with E-state index >= 15 is 0 Å². The first-order valence-corrected chi connectivity index (χ1v) is 14.8. The highest BCUT2D eigenvalue weighted by molar-refractivity contribution is 7.92. The smallest absolute Gasteiger partial charge is 0.264 e. The minimum Gasteiger partial charge on any atom is -0.355 e. The zero-order valence-electron chi connectivity index (χ0n) is 23.1. The number of rotatable bonds is 11. The summed E-state index contributed by atoms with van der Waals surface area (Å²) < 4.78 is 29.2. The first-order chi connectivity index (χ1) is 18.5. The third kappa shape index (κ3) is 7.19. The van der Waals surface area contributed by atoms with Gasteiger partial charge < -0.3 is 10.2 Å². The van der Waals surface area contributed by atoms with Crippen LogP contribution in [0.15, 0.2) is 71.6 Å². The van der Waals surface area contributed by atoms with Gasteiger partial charge >= 0.3 is 0 Å². The average Bonchev–Trinajstić information content (AvgIpc) is 2.90. The molecule has 0 heterocycles. The molecular formula is C30H36ClN3O4S. The fourth-order valence-electron chi connectivity index (χ4n) is 4.36. The summed E-state index contributed by atoms with van der Waals surface area (Å²) in [5.41, 5.74) is 3.55. The molecule has 0 radical (unpaired) electrons. The van der Waals surface area contributed by atoms with Crippen molar-refractivity contribution < 1.29 is 18.0 Å². The van der Waals surface area contributed by atoms with Crippen LogP contribution in [0.25, 0.3) is 0 Å². The molecule has 1 atom stereocenters. The van der Waals surface area contributed by atoms with Crippen molar-refractivity contribution in [3.05, 3.63) is 94.0 Å². The molecule has 0 aromatic heterocycles. The Morgan fingerprint density at radius 1 is 0.923 bits per heavy atom. The minimum absolute atomic E-state index is 0.0549. The first-order valence-electron chi connectivity index (χ1n) is 13.0. The lowest BCUT2D eigenvalue weighted by atomic mass is 10.1. The van der Waals surface area contributed by atoms with Gasteiger partial charge in [0.05, 0.1) is 10.6 Å². The molecule has 2 amide bonds. The zero-order chi connectivity index (χ0) is 28.7. The lowest BCUT2D eigenvalue weighted by Crippen LogP contribution is -2.52. The summed E-state index contributed by atoms with van der Waals surface area (Å²) >= 11 is 6.42. The molecule has 1 N–H and O–H groups in total. The number of hydrogen-bond acceptors (Lipinski definition) is 4. The molecule has 39 heavy (non-hydrogen) atoms. The summed E-state index contributed by atoms with van der Waals surface area (Å²) in [6.07, 6.45) is 0.343. The minimum atomic E-state index is -4.12. The second kappa shape index (κ2) is 13.1. The summed E-state index contributed by atoms with van der Waals surface area (Å²) in [7, 11) is -4.12. The van der Waals surface area contributed by atoms with Crippen molar-refractivity contribution in [1.29, 1.82) is 0 Å². The van der Waals surface area contributed by atoms with Gasteiger partial charge in [0.1, 0.15) is 12.6 Å². The average molecular weight is 570 g/mol. The highest BCUT2D eigenvalue weighted by Crippen LogP contribution is 2.29. The fraction of sp³-hybridized carbons (Fsp3) is 0.333. The summed E-state index contributed by atoms with van der Waals surface area (Å²) in [5.74, 6) is -0.815. The van der Waals surface area contributed by atoms with Crippen LogP contribution in [0, 0.1) is 20.8 Å². The van der Waals surface area contributed by atoms with Gasteiger partial charge in [-0.25, -0.2) is 8.42 Å². The Morgan fingerprint density at radius 3 is 2.18 bits per heavy atom. The third-order valence-corrected chi connectivity index (χ3v) is 8.70. The van der Waals surface area contributed by atoms with Crippen molar-refractivity contribution in [3.63, 3.8) is 0 Å². The Morgan fingerprint density at radius 2 is 1.56 bits per heavy atom. The molecule has 208 valence electrons. The molecule has 3 rings (SSSR count). The van der Waals surface area contributed by atoms with Gasteiger partial charge in [-0.1, -0.05) is 66.6 Å². The van der Waals surface area contributed by atoms with Crippen LogP contribution >= 0.6 is 11.6 Å². The molecule has 0 spiro atoms. The number of amides is 2. The number of anilines is 1. The van der Waals surface area contributed by atoms with Crippen LogP contribution in [-0.2, 0) is 26.2 Å². The molecule has 0 fully saturated rings. The van der Waals surface area contributed by atoms with Crippen molar-refractivity contribution >= 4 is 39.1 Å². The lowest BCUT2D eigenvalue weighted by Gasteiger charge is -2.33. The largest absolute Gasteiger partial charge is 0.355 e. The monoisotopic (exact) mass is 569 g/mol. The maximum absolute atomic E-state index is 14.1. The number of carbonyl (C=O) groups excluding carboxylic acids is 2. The molecule has 7 nitrogen and oxygen atoms in total. The molecule has 0 aliphatic heterocycles. The molecule has 0 aliphatic carbocycles. The van der Waals surface area contributed by atoms with Crippen LogP contribution in [0.5, 0.6) is 0 Å². The van der Waals surface area contributed by atoms with E-state index in [-0.39, 0.29) is 17.3 Å². The predicted octanol–water partition coefficient (Wildman–Crippen LogP) is 5.40. The van der Waals surface area contributed by atoms with E-state index in [9.17, 15) is 18.0 Å². The van der Waals surface area contributed by atoms with E-state index in [4.69, 9.17) is 11.6 Å². The van der Waals surface area contributed by atoms with Crippen LogP contribution in [0.3, 0.4) is 0 Å². The summed E-state index contributed by atoms with van der Waals surface area (Å²) in [4.78, 5) is 28.6. The van der Waals surface area contributed by atoms with E-state index < -0.39 is 28.5 Å². The van der Waals surface area contributed by atoms with Crippen LogP contribution in [0.4, 0.5) is 5.69 Å². The molecule has 3 aromatic rings.